The zero-order valence-electron chi connectivity index (χ0n) is 11.9. The Labute approximate surface area is 129 Å². The monoisotopic (exact) mass is 360 g/mol. The molecule has 20 heavy (non-hydrogen) atoms. The number of halogens is 1. The van der Waals surface area contributed by atoms with E-state index in [1.807, 2.05) is 6.92 Å². The molecule has 2 rings (SSSR count). The molecule has 0 bridgehead atoms. The molecule has 1 aliphatic heterocycles. The van der Waals surface area contributed by atoms with Crippen LogP contribution in [0.1, 0.15) is 6.92 Å². The predicted molar refractivity (Wildman–Crippen MR) is 84.7 cm³/mol. The van der Waals surface area contributed by atoms with Crippen LogP contribution in [0.15, 0.2) is 33.6 Å². The van der Waals surface area contributed by atoms with Crippen molar-refractivity contribution in [1.29, 1.82) is 0 Å². The maximum atomic E-state index is 12.4. The fourth-order valence-corrected chi connectivity index (χ4v) is 4.28. The molecule has 1 atom stereocenters. The van der Waals surface area contributed by atoms with Gasteiger partial charge in [0.1, 0.15) is 0 Å². The van der Waals surface area contributed by atoms with Crippen molar-refractivity contribution in [3.05, 3.63) is 28.7 Å². The van der Waals surface area contributed by atoms with Crippen molar-refractivity contribution in [2.24, 2.45) is 0 Å². The highest BCUT2D eigenvalue weighted by Crippen LogP contribution is 2.18. The third-order valence-corrected chi connectivity index (χ3v) is 6.23. The lowest BCUT2D eigenvalue weighted by molar-refractivity contribution is 0.127. The van der Waals surface area contributed by atoms with Gasteiger partial charge in [0.25, 0.3) is 0 Å². The number of hydrogen-bond acceptors (Lipinski definition) is 4. The Morgan fingerprint density at radius 3 is 2.25 bits per heavy atom. The van der Waals surface area contributed by atoms with Gasteiger partial charge in [0.15, 0.2) is 9.84 Å². The van der Waals surface area contributed by atoms with Crippen LogP contribution in [0, 0.1) is 0 Å². The summed E-state index contributed by atoms with van der Waals surface area (Å²) in [5.41, 5.74) is 0. The molecule has 0 radical (unpaired) electrons. The standard InChI is InChI=1S/C14H21BrN2O2S/c1-12(17-9-7-16(2)8-10-17)11-20(18,19)14-5-3-13(15)4-6-14/h3-6,12H,7-11H2,1-2H3/t12-/m1/s1. The molecule has 1 aliphatic rings. The van der Waals surface area contributed by atoms with Crippen LogP contribution in [0.25, 0.3) is 0 Å². The predicted octanol–water partition coefficient (Wildman–Crippen LogP) is 1.86. The van der Waals surface area contributed by atoms with Crippen LogP contribution >= 0.6 is 15.9 Å². The summed E-state index contributed by atoms with van der Waals surface area (Å²) < 4.78 is 25.7. The maximum Gasteiger partial charge on any atom is 0.179 e. The van der Waals surface area contributed by atoms with Crippen molar-refractivity contribution in [2.75, 3.05) is 39.0 Å². The first-order chi connectivity index (χ1) is 9.38. The quantitative estimate of drug-likeness (QED) is 0.821. The molecule has 0 amide bonds. The number of hydrogen-bond donors (Lipinski definition) is 0. The second-order valence-corrected chi connectivity index (χ2v) is 8.37. The zero-order chi connectivity index (χ0) is 14.8. The highest BCUT2D eigenvalue weighted by atomic mass is 79.9. The van der Waals surface area contributed by atoms with Crippen LogP contribution in [-0.2, 0) is 9.84 Å². The van der Waals surface area contributed by atoms with Gasteiger partial charge in [-0.05, 0) is 38.2 Å². The number of piperazine rings is 1. The molecular weight excluding hydrogens is 340 g/mol. The van der Waals surface area contributed by atoms with E-state index < -0.39 is 9.84 Å². The van der Waals surface area contributed by atoms with Crippen molar-refractivity contribution < 1.29 is 8.42 Å². The van der Waals surface area contributed by atoms with Crippen LogP contribution in [0.4, 0.5) is 0 Å². The van der Waals surface area contributed by atoms with E-state index in [-0.39, 0.29) is 11.8 Å². The Hall–Kier alpha value is -0.430. The molecule has 0 N–H and O–H groups in total. The minimum atomic E-state index is -3.22. The smallest absolute Gasteiger partial charge is 0.179 e. The van der Waals surface area contributed by atoms with Crippen LogP contribution < -0.4 is 0 Å². The number of nitrogens with zero attached hydrogens (tertiary/aromatic N) is 2. The summed E-state index contributed by atoms with van der Waals surface area (Å²) in [6, 6.07) is 6.92. The number of likely N-dealkylation sites (N-methyl/N-ethyl adjacent to an activating group) is 1. The Bertz CT molecular complexity index is 537. The largest absolute Gasteiger partial charge is 0.304 e. The van der Waals surface area contributed by atoms with E-state index >= 15 is 0 Å². The topological polar surface area (TPSA) is 40.6 Å². The van der Waals surface area contributed by atoms with Gasteiger partial charge in [0, 0.05) is 36.7 Å². The van der Waals surface area contributed by atoms with Crippen LogP contribution in [0.2, 0.25) is 0 Å². The normalized spacial score (nSPS) is 19.9. The van der Waals surface area contributed by atoms with Gasteiger partial charge in [-0.1, -0.05) is 15.9 Å². The van der Waals surface area contributed by atoms with Gasteiger partial charge in [-0.3, -0.25) is 4.90 Å². The molecule has 1 fully saturated rings. The van der Waals surface area contributed by atoms with Crippen LogP contribution in [-0.4, -0.2) is 63.2 Å². The first kappa shape index (κ1) is 15.9. The molecule has 0 unspecified atom stereocenters. The lowest BCUT2D eigenvalue weighted by Gasteiger charge is -2.36. The molecule has 0 aliphatic carbocycles. The van der Waals surface area contributed by atoms with E-state index in [1.165, 1.54) is 0 Å². The summed E-state index contributed by atoms with van der Waals surface area (Å²) in [5, 5.41) is 0. The Morgan fingerprint density at radius 2 is 1.70 bits per heavy atom. The molecule has 4 nitrogen and oxygen atoms in total. The average Bonchev–Trinajstić information content (AvgIpc) is 2.39. The fourth-order valence-electron chi connectivity index (χ4n) is 2.42. The number of sulfone groups is 1. The van der Waals surface area contributed by atoms with E-state index in [1.54, 1.807) is 24.3 Å². The number of rotatable bonds is 4. The second kappa shape index (κ2) is 6.56. The minimum Gasteiger partial charge on any atom is -0.304 e. The summed E-state index contributed by atoms with van der Waals surface area (Å²) in [7, 11) is -1.12. The summed E-state index contributed by atoms with van der Waals surface area (Å²) in [6.45, 7) is 5.88. The molecule has 0 saturated carbocycles. The summed E-state index contributed by atoms with van der Waals surface area (Å²) in [5.74, 6) is 0.179. The SMILES string of the molecule is C[C@H](CS(=O)(=O)c1ccc(Br)cc1)N1CCN(C)CC1. The van der Waals surface area contributed by atoms with Crippen molar-refractivity contribution in [2.45, 2.75) is 17.9 Å². The lowest BCUT2D eigenvalue weighted by atomic mass is 10.2. The van der Waals surface area contributed by atoms with Crippen molar-refractivity contribution in [3.63, 3.8) is 0 Å². The van der Waals surface area contributed by atoms with Gasteiger partial charge in [-0.15, -0.1) is 0 Å². The maximum absolute atomic E-state index is 12.4. The molecular formula is C14H21BrN2O2S. The molecule has 112 valence electrons. The van der Waals surface area contributed by atoms with E-state index in [4.69, 9.17) is 0 Å². The summed E-state index contributed by atoms with van der Waals surface area (Å²) in [6.07, 6.45) is 0. The van der Waals surface area contributed by atoms with Gasteiger partial charge in [-0.25, -0.2) is 8.42 Å². The van der Waals surface area contributed by atoms with Crippen molar-refractivity contribution in [1.82, 2.24) is 9.80 Å². The average molecular weight is 361 g/mol. The molecule has 1 aromatic rings. The van der Waals surface area contributed by atoms with Gasteiger partial charge in [0.05, 0.1) is 10.6 Å². The van der Waals surface area contributed by atoms with Gasteiger partial charge in [-0.2, -0.15) is 0 Å². The van der Waals surface area contributed by atoms with Crippen molar-refractivity contribution >= 4 is 25.8 Å². The van der Waals surface area contributed by atoms with E-state index in [9.17, 15) is 8.42 Å². The lowest BCUT2D eigenvalue weighted by Crippen LogP contribution is -2.49. The Kier molecular flexibility index (Phi) is 5.23. The molecule has 0 aromatic heterocycles. The molecule has 6 heteroatoms. The van der Waals surface area contributed by atoms with Gasteiger partial charge < -0.3 is 4.90 Å². The third kappa shape index (κ3) is 4.04. The molecule has 1 aromatic carbocycles. The van der Waals surface area contributed by atoms with E-state index in [0.717, 1.165) is 30.7 Å². The highest BCUT2D eigenvalue weighted by Gasteiger charge is 2.25. The third-order valence-electron chi connectivity index (χ3n) is 3.79. The fraction of sp³-hybridized carbons (Fsp3) is 0.571. The second-order valence-electron chi connectivity index (χ2n) is 5.42. The first-order valence-electron chi connectivity index (χ1n) is 6.79. The Morgan fingerprint density at radius 1 is 1.15 bits per heavy atom. The zero-order valence-corrected chi connectivity index (χ0v) is 14.3. The van der Waals surface area contributed by atoms with Crippen LogP contribution in [0.5, 0.6) is 0 Å². The summed E-state index contributed by atoms with van der Waals surface area (Å²) in [4.78, 5) is 4.93. The van der Waals surface area contributed by atoms with Crippen LogP contribution in [0.3, 0.4) is 0 Å². The van der Waals surface area contributed by atoms with E-state index in [2.05, 4.69) is 32.8 Å². The first-order valence-corrected chi connectivity index (χ1v) is 9.24. The van der Waals surface area contributed by atoms with Gasteiger partial charge >= 0.3 is 0 Å². The van der Waals surface area contributed by atoms with E-state index in [0.29, 0.717) is 4.90 Å². The molecule has 1 saturated heterocycles. The minimum absolute atomic E-state index is 0.0531. The highest BCUT2D eigenvalue weighted by molar-refractivity contribution is 9.10. The molecule has 0 spiro atoms. The number of benzene rings is 1. The Balaban J connectivity index is 2.02. The van der Waals surface area contributed by atoms with Gasteiger partial charge in [0.2, 0.25) is 0 Å². The summed E-state index contributed by atoms with van der Waals surface area (Å²) >= 11 is 3.32. The molecule has 1 heterocycles. The van der Waals surface area contributed by atoms with Crippen molar-refractivity contribution in [3.8, 4) is 0 Å².